The topological polar surface area (TPSA) is 51.1 Å². The van der Waals surface area contributed by atoms with Crippen LogP contribution in [0.3, 0.4) is 0 Å². The number of halogens is 3. The van der Waals surface area contributed by atoms with Crippen LogP contribution < -0.4 is 4.74 Å². The maximum absolute atomic E-state index is 14.2. The molecule has 0 radical (unpaired) electrons. The Hall–Kier alpha value is -2.28. The average Bonchev–Trinajstić information content (AvgIpc) is 3.14. The van der Waals surface area contributed by atoms with Gasteiger partial charge in [-0.1, -0.05) is 39.0 Å². The lowest BCUT2D eigenvalue weighted by molar-refractivity contribution is -0.138. The average molecular weight is 464 g/mol. The Morgan fingerprint density at radius 1 is 1.09 bits per heavy atom. The van der Waals surface area contributed by atoms with Crippen LogP contribution in [0.15, 0.2) is 35.3 Å². The van der Waals surface area contributed by atoms with Crippen molar-refractivity contribution in [2.75, 3.05) is 13.2 Å². The van der Waals surface area contributed by atoms with Gasteiger partial charge in [0.15, 0.2) is 5.90 Å². The summed E-state index contributed by atoms with van der Waals surface area (Å²) in [6, 6.07) is 7.79. The molecule has 1 heterocycles. The van der Waals surface area contributed by atoms with Gasteiger partial charge in [-0.2, -0.15) is 13.2 Å². The molecular weight excluding hydrogens is 431 g/mol. The molecule has 0 amide bonds. The van der Waals surface area contributed by atoms with Crippen molar-refractivity contribution in [3.63, 3.8) is 0 Å². The number of aliphatic hydroxyl groups is 1. The van der Waals surface area contributed by atoms with Gasteiger partial charge in [-0.25, -0.2) is 4.99 Å². The van der Waals surface area contributed by atoms with E-state index >= 15 is 0 Å². The monoisotopic (exact) mass is 463 g/mol. The van der Waals surface area contributed by atoms with Gasteiger partial charge in [0, 0.05) is 6.92 Å². The highest BCUT2D eigenvalue weighted by Gasteiger charge is 2.40. The summed E-state index contributed by atoms with van der Waals surface area (Å²) < 4.78 is 53.9. The molecule has 1 N–H and O–H groups in total. The second-order valence-electron chi connectivity index (χ2n) is 10.4. The maximum Gasteiger partial charge on any atom is 0.420 e. The van der Waals surface area contributed by atoms with Gasteiger partial charge >= 0.3 is 6.18 Å². The molecule has 1 unspecified atom stereocenters. The van der Waals surface area contributed by atoms with Crippen LogP contribution in [0.5, 0.6) is 5.75 Å². The number of hydrogen-bond donors (Lipinski definition) is 1. The van der Waals surface area contributed by atoms with Gasteiger partial charge in [-0.15, -0.1) is 0 Å². The molecule has 2 aliphatic rings. The first kappa shape index (κ1) is 23.9. The third-order valence-electron chi connectivity index (χ3n) is 7.15. The normalized spacial score (nSPS) is 26.2. The summed E-state index contributed by atoms with van der Waals surface area (Å²) in [4.78, 5) is 4.40. The standard InChI is InChI=1S/C26H32F3NO3/c1-16-30-25(14-31,15-32-16)19-8-11-21-17(13-19)5-12-22(23(21)26(27,28)29)33-20-9-6-18(7-10-20)24(2,3)4/h5,8,11-13,18,20,31H,6-7,9-10,14-15H2,1-4H3/t18-,20-,25?. The van der Waals surface area contributed by atoms with Gasteiger partial charge in [0.05, 0.1) is 12.7 Å². The molecule has 33 heavy (non-hydrogen) atoms. The minimum absolute atomic E-state index is 0.0832. The van der Waals surface area contributed by atoms with Crippen LogP contribution in [0.1, 0.15) is 64.5 Å². The van der Waals surface area contributed by atoms with E-state index in [1.165, 1.54) is 12.1 Å². The SMILES string of the molecule is CC1=NC(CO)(c2ccc3c(C(F)(F)F)c(O[C@H]4CC[C@H](C(C)(C)C)CC4)ccc3c2)CO1. The Kier molecular flexibility index (Phi) is 6.14. The molecule has 0 aromatic heterocycles. The molecule has 1 fully saturated rings. The Morgan fingerprint density at radius 2 is 1.79 bits per heavy atom. The van der Waals surface area contributed by atoms with Crippen LogP contribution in [0.25, 0.3) is 10.8 Å². The number of aliphatic hydroxyl groups excluding tert-OH is 1. The third-order valence-corrected chi connectivity index (χ3v) is 7.15. The molecule has 7 heteroatoms. The molecule has 0 spiro atoms. The number of alkyl halides is 3. The van der Waals surface area contributed by atoms with E-state index in [0.29, 0.717) is 22.8 Å². The van der Waals surface area contributed by atoms with Crippen molar-refractivity contribution in [1.82, 2.24) is 0 Å². The van der Waals surface area contributed by atoms with E-state index < -0.39 is 17.3 Å². The van der Waals surface area contributed by atoms with Gasteiger partial charge in [-0.3, -0.25) is 0 Å². The molecule has 1 aliphatic heterocycles. The van der Waals surface area contributed by atoms with E-state index in [1.807, 2.05) is 0 Å². The van der Waals surface area contributed by atoms with Gasteiger partial charge in [0.2, 0.25) is 0 Å². The zero-order valence-corrected chi connectivity index (χ0v) is 19.6. The Labute approximate surface area is 192 Å². The van der Waals surface area contributed by atoms with Gasteiger partial charge < -0.3 is 14.6 Å². The summed E-state index contributed by atoms with van der Waals surface area (Å²) in [7, 11) is 0. The maximum atomic E-state index is 14.2. The van der Waals surface area contributed by atoms with Crippen LogP contribution in [0.4, 0.5) is 13.2 Å². The van der Waals surface area contributed by atoms with Crippen molar-refractivity contribution < 1.29 is 27.8 Å². The van der Waals surface area contributed by atoms with Crippen LogP contribution in [-0.4, -0.2) is 30.3 Å². The highest BCUT2D eigenvalue weighted by atomic mass is 19.4. The molecule has 1 saturated carbocycles. The number of ether oxygens (including phenoxy) is 2. The summed E-state index contributed by atoms with van der Waals surface area (Å²) in [6.07, 6.45) is -1.35. The fourth-order valence-corrected chi connectivity index (χ4v) is 5.13. The van der Waals surface area contributed by atoms with Gasteiger partial charge in [0.1, 0.15) is 23.5 Å². The van der Waals surface area contributed by atoms with Gasteiger partial charge in [0.25, 0.3) is 0 Å². The lowest BCUT2D eigenvalue weighted by atomic mass is 9.72. The molecule has 2 aromatic rings. The second kappa shape index (κ2) is 8.49. The van der Waals surface area contributed by atoms with E-state index in [4.69, 9.17) is 9.47 Å². The molecule has 180 valence electrons. The van der Waals surface area contributed by atoms with Crippen molar-refractivity contribution in [3.8, 4) is 5.75 Å². The summed E-state index contributed by atoms with van der Waals surface area (Å²) >= 11 is 0. The van der Waals surface area contributed by atoms with Crippen LogP contribution in [0, 0.1) is 11.3 Å². The Morgan fingerprint density at radius 3 is 2.33 bits per heavy atom. The van der Waals surface area contributed by atoms with E-state index in [2.05, 4.69) is 25.8 Å². The highest BCUT2D eigenvalue weighted by Crippen LogP contribution is 2.45. The van der Waals surface area contributed by atoms with Crippen molar-refractivity contribution in [1.29, 1.82) is 0 Å². The zero-order chi connectivity index (χ0) is 24.0. The fourth-order valence-electron chi connectivity index (χ4n) is 5.13. The second-order valence-corrected chi connectivity index (χ2v) is 10.4. The zero-order valence-electron chi connectivity index (χ0n) is 19.6. The molecule has 4 rings (SSSR count). The minimum atomic E-state index is -4.56. The molecule has 1 aliphatic carbocycles. The number of benzene rings is 2. The van der Waals surface area contributed by atoms with Crippen LogP contribution >= 0.6 is 0 Å². The largest absolute Gasteiger partial charge is 0.490 e. The molecule has 4 nitrogen and oxygen atoms in total. The third kappa shape index (κ3) is 4.70. The quantitative estimate of drug-likeness (QED) is 0.565. The predicted octanol–water partition coefficient (Wildman–Crippen LogP) is 6.48. The summed E-state index contributed by atoms with van der Waals surface area (Å²) in [5.74, 6) is 0.890. The first-order valence-corrected chi connectivity index (χ1v) is 11.5. The number of rotatable bonds is 4. The molecular formula is C26H32F3NO3. The van der Waals surface area contributed by atoms with E-state index in [0.717, 1.165) is 25.7 Å². The molecule has 0 saturated heterocycles. The molecule has 1 atom stereocenters. The van der Waals surface area contributed by atoms with E-state index in [9.17, 15) is 18.3 Å². The van der Waals surface area contributed by atoms with Crippen molar-refractivity contribution in [3.05, 3.63) is 41.5 Å². The Bertz CT molecular complexity index is 1050. The lowest BCUT2D eigenvalue weighted by Crippen LogP contribution is -2.31. The Balaban J connectivity index is 1.66. The summed E-state index contributed by atoms with van der Waals surface area (Å²) in [5, 5.41) is 10.5. The number of aliphatic imine (C=N–C) groups is 1. The highest BCUT2D eigenvalue weighted by molar-refractivity contribution is 5.89. The fraction of sp³-hybridized carbons (Fsp3) is 0.577. The summed E-state index contributed by atoms with van der Waals surface area (Å²) in [5.41, 5.74) is -0.916. The van der Waals surface area contributed by atoms with Crippen LogP contribution in [0.2, 0.25) is 0 Å². The van der Waals surface area contributed by atoms with E-state index in [-0.39, 0.29) is 35.9 Å². The number of nitrogens with zero attached hydrogens (tertiary/aromatic N) is 1. The molecule has 2 aromatic carbocycles. The number of fused-ring (bicyclic) bond motifs is 1. The van der Waals surface area contributed by atoms with Crippen LogP contribution in [-0.2, 0) is 16.5 Å². The van der Waals surface area contributed by atoms with Crippen molar-refractivity contribution >= 4 is 16.7 Å². The molecule has 0 bridgehead atoms. The number of hydrogen-bond acceptors (Lipinski definition) is 4. The smallest absolute Gasteiger partial charge is 0.420 e. The lowest BCUT2D eigenvalue weighted by Gasteiger charge is -2.37. The van der Waals surface area contributed by atoms with Crippen molar-refractivity contribution in [2.45, 2.75) is 71.2 Å². The van der Waals surface area contributed by atoms with E-state index in [1.54, 1.807) is 25.1 Å². The summed E-state index contributed by atoms with van der Waals surface area (Å²) in [6.45, 7) is 8.20. The van der Waals surface area contributed by atoms with Crippen molar-refractivity contribution in [2.24, 2.45) is 16.3 Å². The first-order valence-electron chi connectivity index (χ1n) is 11.5. The first-order chi connectivity index (χ1) is 15.4. The predicted molar refractivity (Wildman–Crippen MR) is 123 cm³/mol. The van der Waals surface area contributed by atoms with Gasteiger partial charge in [-0.05, 0) is 65.5 Å². The minimum Gasteiger partial charge on any atom is -0.490 e.